The standard InChI is InChI=1S/C56H71N11O8/c1-16-66(33-34-75-50(69)56(12,54(9,10)57)53(7,8)52(5,6)55(11,49(68)74-15)51(2,3)4)43-29-25-42(26-30-43)63-65-46-36-47(72-13)45(35-48(46)73-14)64-62-40-23-21-39(22-24-40)59-58-37-17-19-38(20-18-37)60-61-41-27-31-44(32-28-41)67(70)71/h17-32,35-36H,16,33-34,57H2,1-15H3. The van der Waals surface area contributed by atoms with E-state index in [4.69, 9.17) is 24.7 Å². The molecule has 5 aromatic rings. The van der Waals surface area contributed by atoms with Gasteiger partial charge in [-0.2, -0.15) is 30.7 Å². The molecule has 19 heteroatoms. The van der Waals surface area contributed by atoms with E-state index in [9.17, 15) is 19.7 Å². The molecule has 0 aliphatic rings. The van der Waals surface area contributed by atoms with Gasteiger partial charge in [-0.25, -0.2) is 0 Å². The van der Waals surface area contributed by atoms with Crippen molar-refractivity contribution in [2.45, 2.75) is 88.6 Å². The molecular formula is C56H71N11O8. The van der Waals surface area contributed by atoms with Gasteiger partial charge in [0.2, 0.25) is 0 Å². The van der Waals surface area contributed by atoms with Crippen LogP contribution in [0.25, 0.3) is 0 Å². The molecule has 2 unspecified atom stereocenters. The summed E-state index contributed by atoms with van der Waals surface area (Å²) < 4.78 is 22.8. The van der Waals surface area contributed by atoms with Crippen LogP contribution in [-0.2, 0) is 19.1 Å². The number of nitro groups is 1. The van der Waals surface area contributed by atoms with Gasteiger partial charge in [-0.05, 0) is 136 Å². The van der Waals surface area contributed by atoms with Crippen LogP contribution in [0.2, 0.25) is 0 Å². The van der Waals surface area contributed by atoms with E-state index in [0.29, 0.717) is 70.1 Å². The van der Waals surface area contributed by atoms with Gasteiger partial charge < -0.3 is 29.6 Å². The molecule has 0 aliphatic heterocycles. The Balaban J connectivity index is 1.21. The van der Waals surface area contributed by atoms with Crippen molar-refractivity contribution >= 4 is 68.8 Å². The molecule has 0 saturated heterocycles. The number of methoxy groups -OCH3 is 3. The number of anilines is 1. The van der Waals surface area contributed by atoms with E-state index in [1.54, 1.807) is 60.7 Å². The summed E-state index contributed by atoms with van der Waals surface area (Å²) in [6.45, 7) is 24.7. The maximum Gasteiger partial charge on any atom is 0.314 e. The minimum atomic E-state index is -1.24. The van der Waals surface area contributed by atoms with Crippen LogP contribution in [0.15, 0.2) is 150 Å². The summed E-state index contributed by atoms with van der Waals surface area (Å²) in [4.78, 5) is 40.6. The molecule has 2 atom stereocenters. The number of nitrogens with two attached hydrogens (primary N) is 1. The lowest BCUT2D eigenvalue weighted by atomic mass is 9.39. The molecule has 19 nitrogen and oxygen atoms in total. The van der Waals surface area contributed by atoms with Crippen molar-refractivity contribution in [1.29, 1.82) is 0 Å². The number of azo groups is 4. The number of nitro benzene ring substituents is 1. The fourth-order valence-electron chi connectivity index (χ4n) is 9.16. The van der Waals surface area contributed by atoms with Gasteiger partial charge in [0.05, 0.1) is 77.8 Å². The van der Waals surface area contributed by atoms with Crippen molar-refractivity contribution in [2.75, 3.05) is 45.9 Å². The third kappa shape index (κ3) is 12.6. The predicted octanol–water partition coefficient (Wildman–Crippen LogP) is 15.7. The second kappa shape index (κ2) is 23.6. The molecule has 5 rings (SSSR count). The Morgan fingerprint density at radius 3 is 1.21 bits per heavy atom. The number of carbonyl (C=O) groups is 2. The van der Waals surface area contributed by atoms with Crippen LogP contribution >= 0.6 is 0 Å². The van der Waals surface area contributed by atoms with Crippen molar-refractivity contribution < 1.29 is 33.5 Å². The van der Waals surface area contributed by atoms with E-state index in [2.05, 4.69) is 45.8 Å². The molecule has 75 heavy (non-hydrogen) atoms. The zero-order valence-corrected chi connectivity index (χ0v) is 45.8. The third-order valence-electron chi connectivity index (χ3n) is 15.4. The zero-order valence-electron chi connectivity index (χ0n) is 45.8. The van der Waals surface area contributed by atoms with Crippen LogP contribution in [-0.4, -0.2) is 63.4 Å². The molecule has 0 aromatic heterocycles. The number of hydrogen-bond acceptors (Lipinski definition) is 18. The summed E-state index contributed by atoms with van der Waals surface area (Å²) in [7, 11) is 4.45. The molecule has 0 fully saturated rings. The summed E-state index contributed by atoms with van der Waals surface area (Å²) in [5, 5.41) is 45.5. The van der Waals surface area contributed by atoms with Gasteiger partial charge in [-0.15, -0.1) is 10.2 Å². The number of rotatable bonds is 22. The van der Waals surface area contributed by atoms with Gasteiger partial charge in [-0.3, -0.25) is 19.7 Å². The summed E-state index contributed by atoms with van der Waals surface area (Å²) >= 11 is 0. The first-order valence-corrected chi connectivity index (χ1v) is 24.5. The van der Waals surface area contributed by atoms with E-state index < -0.39 is 43.5 Å². The van der Waals surface area contributed by atoms with Crippen molar-refractivity contribution in [3.63, 3.8) is 0 Å². The highest BCUT2D eigenvalue weighted by atomic mass is 16.6. The Bertz CT molecular complexity index is 2910. The maximum atomic E-state index is 14.5. The number of ether oxygens (including phenoxy) is 4. The Morgan fingerprint density at radius 1 is 0.547 bits per heavy atom. The molecule has 2 N–H and O–H groups in total. The molecule has 0 spiro atoms. The number of likely N-dealkylation sites (N-methyl/N-ethyl adjacent to an activating group) is 1. The molecule has 0 aliphatic carbocycles. The van der Waals surface area contributed by atoms with Gasteiger partial charge in [0, 0.05) is 42.0 Å². The number of non-ortho nitro benzene ring substituents is 1. The first kappa shape index (κ1) is 58.1. The molecule has 5 aromatic carbocycles. The maximum absolute atomic E-state index is 14.5. The quantitative estimate of drug-likeness (QED) is 0.0297. The molecule has 0 heterocycles. The van der Waals surface area contributed by atoms with Crippen LogP contribution < -0.4 is 20.1 Å². The monoisotopic (exact) mass is 1030 g/mol. The molecule has 0 bridgehead atoms. The minimum absolute atomic E-state index is 0.0186. The Hall–Kier alpha value is -7.80. The number of carbonyl (C=O) groups excluding carboxylic acids is 2. The van der Waals surface area contributed by atoms with Gasteiger partial charge in [0.15, 0.2) is 0 Å². The number of benzene rings is 5. The lowest BCUT2D eigenvalue weighted by Crippen LogP contribution is -2.69. The highest BCUT2D eigenvalue weighted by Crippen LogP contribution is 2.66. The summed E-state index contributed by atoms with van der Waals surface area (Å²) in [5.41, 5.74) is 6.51. The van der Waals surface area contributed by atoms with Crippen LogP contribution in [0.3, 0.4) is 0 Å². The van der Waals surface area contributed by atoms with Gasteiger partial charge in [0.25, 0.3) is 5.69 Å². The largest absolute Gasteiger partial charge is 0.494 e. The fraction of sp³-hybridized carbons (Fsp3) is 0.429. The average Bonchev–Trinajstić information content (AvgIpc) is 3.38. The van der Waals surface area contributed by atoms with Crippen LogP contribution in [0.5, 0.6) is 11.5 Å². The summed E-state index contributed by atoms with van der Waals surface area (Å²) in [6.07, 6.45) is 0. The minimum Gasteiger partial charge on any atom is -0.494 e. The van der Waals surface area contributed by atoms with Crippen molar-refractivity contribution in [2.24, 2.45) is 73.7 Å². The summed E-state index contributed by atoms with van der Waals surface area (Å²) in [5.74, 6) is 0.0135. The van der Waals surface area contributed by atoms with Crippen LogP contribution in [0.4, 0.5) is 56.9 Å². The Morgan fingerprint density at radius 2 is 0.893 bits per heavy atom. The topological polar surface area (TPSA) is 242 Å². The highest BCUT2D eigenvalue weighted by molar-refractivity contribution is 5.82. The fourth-order valence-corrected chi connectivity index (χ4v) is 9.16. The van der Waals surface area contributed by atoms with E-state index in [-0.39, 0.29) is 18.3 Å². The number of nitrogens with zero attached hydrogens (tertiary/aromatic N) is 10. The van der Waals surface area contributed by atoms with E-state index in [0.717, 1.165) is 5.69 Å². The smallest absolute Gasteiger partial charge is 0.314 e. The van der Waals surface area contributed by atoms with Crippen LogP contribution in [0, 0.1) is 37.2 Å². The Labute approximate surface area is 439 Å². The molecular weight excluding hydrogens is 955 g/mol. The normalized spacial score (nSPS) is 14.2. The lowest BCUT2D eigenvalue weighted by molar-refractivity contribution is -0.384. The number of esters is 2. The van der Waals surface area contributed by atoms with E-state index in [1.807, 2.05) is 107 Å². The first-order valence-electron chi connectivity index (χ1n) is 24.5. The molecule has 0 amide bonds. The predicted molar refractivity (Wildman–Crippen MR) is 291 cm³/mol. The molecule has 398 valence electrons. The van der Waals surface area contributed by atoms with Crippen molar-refractivity contribution in [3.05, 3.63) is 119 Å². The third-order valence-corrected chi connectivity index (χ3v) is 15.4. The van der Waals surface area contributed by atoms with Gasteiger partial charge in [0.1, 0.15) is 29.5 Å². The van der Waals surface area contributed by atoms with Crippen LogP contribution in [0.1, 0.15) is 83.1 Å². The first-order chi connectivity index (χ1) is 35.2. The zero-order chi connectivity index (χ0) is 55.6. The van der Waals surface area contributed by atoms with Gasteiger partial charge >= 0.3 is 11.9 Å². The van der Waals surface area contributed by atoms with Crippen molar-refractivity contribution in [3.8, 4) is 11.5 Å². The van der Waals surface area contributed by atoms with Crippen molar-refractivity contribution in [1.82, 2.24) is 0 Å². The Kier molecular flexibility index (Phi) is 18.3. The van der Waals surface area contributed by atoms with Gasteiger partial charge in [-0.1, -0.05) is 48.5 Å². The SMILES string of the molecule is CCN(CCOC(=O)C(C)(C(C)(C)N)C(C)(C)C(C)(C)C(C)(C(=O)OC)C(C)(C)C)c1ccc(N=Nc2cc(OC)c(N=Nc3ccc(N=Nc4ccc(N=Nc5ccc([N+](=O)[O-])cc5)cc4)cc3)cc2OC)cc1. The highest BCUT2D eigenvalue weighted by Gasteiger charge is 2.69. The lowest BCUT2D eigenvalue weighted by Gasteiger charge is -2.63. The average molecular weight is 1030 g/mol. The second-order valence-corrected chi connectivity index (χ2v) is 21.0. The van der Waals surface area contributed by atoms with E-state index in [1.165, 1.54) is 45.6 Å². The summed E-state index contributed by atoms with van der Waals surface area (Å²) in [6, 6.07) is 30.7. The molecule has 0 radical (unpaired) electrons. The molecule has 0 saturated carbocycles. The second-order valence-electron chi connectivity index (χ2n) is 21.0. The number of hydrogen-bond donors (Lipinski definition) is 1. The van der Waals surface area contributed by atoms with E-state index >= 15 is 0 Å².